The van der Waals surface area contributed by atoms with Crippen molar-refractivity contribution < 1.29 is 27.4 Å². The Labute approximate surface area is 202 Å². The zero-order valence-electron chi connectivity index (χ0n) is 20.5. The third-order valence-electron chi connectivity index (χ3n) is 6.22. The van der Waals surface area contributed by atoms with Crippen molar-refractivity contribution in [2.45, 2.75) is 64.7 Å². The fourth-order valence-corrected chi connectivity index (χ4v) is 4.37. The number of rotatable bonds is 8. The lowest BCUT2D eigenvalue weighted by atomic mass is 10.0. The number of nitrogens with one attached hydrogen (secondary N) is 1. The van der Waals surface area contributed by atoms with Gasteiger partial charge in [-0.3, -0.25) is 0 Å². The van der Waals surface area contributed by atoms with E-state index in [-0.39, 0.29) is 17.8 Å². The number of aryl methyl sites for hydroxylation is 1. The normalized spacial score (nSPS) is 17.9. The first-order chi connectivity index (χ1) is 16.6. The summed E-state index contributed by atoms with van der Waals surface area (Å²) in [6, 6.07) is 6.90. The molecule has 1 fully saturated rings. The number of nitrogens with zero attached hydrogens (tertiary/aromatic N) is 2. The molecule has 0 bridgehead atoms. The Bertz CT molecular complexity index is 1210. The van der Waals surface area contributed by atoms with Crippen molar-refractivity contribution in [2.75, 3.05) is 19.0 Å². The van der Waals surface area contributed by atoms with E-state index in [1.807, 2.05) is 6.92 Å². The van der Waals surface area contributed by atoms with Crippen molar-refractivity contribution in [2.24, 2.45) is 0 Å². The minimum atomic E-state index is -3.29. The third-order valence-corrected chi connectivity index (χ3v) is 6.22. The first-order valence-electron chi connectivity index (χ1n) is 11.7. The van der Waals surface area contributed by atoms with Crippen LogP contribution in [0.15, 0.2) is 30.3 Å². The van der Waals surface area contributed by atoms with Crippen LogP contribution < -0.4 is 14.8 Å². The molecule has 9 heteroatoms. The molecule has 188 valence electrons. The van der Waals surface area contributed by atoms with Gasteiger partial charge in [0, 0.05) is 30.5 Å². The molecule has 2 heterocycles. The van der Waals surface area contributed by atoms with Gasteiger partial charge in [0.2, 0.25) is 0 Å². The van der Waals surface area contributed by atoms with Crippen molar-refractivity contribution in [3.05, 3.63) is 53.1 Å². The Balaban J connectivity index is 1.71. The lowest BCUT2D eigenvalue weighted by molar-refractivity contribution is 0.0136. The van der Waals surface area contributed by atoms with E-state index in [4.69, 9.17) is 14.2 Å². The molecule has 1 unspecified atom stereocenters. The maximum Gasteiger partial charge on any atom is 0.273 e. The van der Waals surface area contributed by atoms with E-state index >= 15 is 0 Å². The van der Waals surface area contributed by atoms with Crippen molar-refractivity contribution in [1.29, 1.82) is 0 Å². The molecule has 1 saturated heterocycles. The second kappa shape index (κ2) is 9.89. The highest BCUT2D eigenvalue weighted by Gasteiger charge is 2.30. The summed E-state index contributed by atoms with van der Waals surface area (Å²) in [5.41, 5.74) is 0.0804. The Morgan fingerprint density at radius 3 is 2.60 bits per heavy atom. The van der Waals surface area contributed by atoms with Gasteiger partial charge in [-0.2, -0.15) is 0 Å². The van der Waals surface area contributed by atoms with Gasteiger partial charge < -0.3 is 19.5 Å². The summed E-state index contributed by atoms with van der Waals surface area (Å²) in [5.74, 6) is -2.28. The fourth-order valence-electron chi connectivity index (χ4n) is 4.37. The van der Waals surface area contributed by atoms with E-state index in [0.717, 1.165) is 18.9 Å². The molecule has 1 aliphatic heterocycles. The van der Waals surface area contributed by atoms with E-state index in [1.54, 1.807) is 33.1 Å². The lowest BCUT2D eigenvalue weighted by Gasteiger charge is -2.23. The van der Waals surface area contributed by atoms with Crippen molar-refractivity contribution in [3.8, 4) is 11.5 Å². The molecule has 1 aliphatic rings. The van der Waals surface area contributed by atoms with Crippen molar-refractivity contribution in [1.82, 2.24) is 9.97 Å². The zero-order valence-corrected chi connectivity index (χ0v) is 20.5. The second-order valence-electron chi connectivity index (χ2n) is 8.98. The quantitative estimate of drug-likeness (QED) is 0.400. The maximum atomic E-state index is 15.0. The van der Waals surface area contributed by atoms with E-state index < -0.39 is 23.3 Å². The molecule has 1 N–H and O–H groups in total. The molecule has 35 heavy (non-hydrogen) atoms. The summed E-state index contributed by atoms with van der Waals surface area (Å²) in [4.78, 5) is 9.01. The van der Waals surface area contributed by atoms with Crippen LogP contribution >= 0.6 is 0 Å². The summed E-state index contributed by atoms with van der Waals surface area (Å²) in [5, 5.41) is 3.81. The van der Waals surface area contributed by atoms with Crippen LogP contribution in [0.5, 0.6) is 11.5 Å². The number of alkyl halides is 2. The molecule has 4 rings (SSSR count). The molecule has 0 amide bonds. The van der Waals surface area contributed by atoms with Crippen LogP contribution in [0.3, 0.4) is 0 Å². The Hall–Kier alpha value is -3.07. The van der Waals surface area contributed by atoms with Crippen LogP contribution in [0, 0.1) is 12.7 Å². The molecule has 0 saturated carbocycles. The van der Waals surface area contributed by atoms with Gasteiger partial charge in [0.1, 0.15) is 23.6 Å². The number of hydrogen-bond acceptors (Lipinski definition) is 6. The van der Waals surface area contributed by atoms with Gasteiger partial charge in [0.15, 0.2) is 11.5 Å². The SMILES string of the molecule is COc1cc2nc(C)nc(N[C@H](C)c3cccc(C(C)(F)F)c3F)c2cc1OC(C)[C@H]1CCCO1. The number of aromatic nitrogens is 2. The van der Waals surface area contributed by atoms with Crippen LogP contribution in [-0.2, 0) is 10.7 Å². The molecule has 1 aromatic heterocycles. The minimum absolute atomic E-state index is 0.00534. The van der Waals surface area contributed by atoms with Crippen LogP contribution in [0.2, 0.25) is 0 Å². The molecule has 2 aromatic carbocycles. The van der Waals surface area contributed by atoms with Gasteiger partial charge in [-0.25, -0.2) is 23.1 Å². The molecule has 3 atom stereocenters. The summed E-state index contributed by atoms with van der Waals surface area (Å²) in [7, 11) is 1.55. The molecular weight excluding hydrogens is 459 g/mol. The van der Waals surface area contributed by atoms with Crippen LogP contribution in [0.1, 0.15) is 56.6 Å². The first-order valence-corrected chi connectivity index (χ1v) is 11.7. The number of methoxy groups -OCH3 is 1. The smallest absolute Gasteiger partial charge is 0.273 e. The largest absolute Gasteiger partial charge is 0.493 e. The van der Waals surface area contributed by atoms with Gasteiger partial charge in [-0.1, -0.05) is 18.2 Å². The Morgan fingerprint density at radius 2 is 1.94 bits per heavy atom. The molecule has 0 aliphatic carbocycles. The van der Waals surface area contributed by atoms with E-state index in [2.05, 4.69) is 15.3 Å². The Kier molecular flexibility index (Phi) is 7.07. The average molecular weight is 490 g/mol. The molecule has 0 spiro atoms. The summed E-state index contributed by atoms with van der Waals surface area (Å²) in [6.07, 6.45) is 1.71. The number of benzene rings is 2. The van der Waals surface area contributed by atoms with Crippen LogP contribution in [0.25, 0.3) is 10.9 Å². The molecule has 6 nitrogen and oxygen atoms in total. The summed E-state index contributed by atoms with van der Waals surface area (Å²) < 4.78 is 60.2. The van der Waals surface area contributed by atoms with Crippen molar-refractivity contribution in [3.63, 3.8) is 0 Å². The number of anilines is 1. The average Bonchev–Trinajstić information content (AvgIpc) is 3.33. The monoisotopic (exact) mass is 489 g/mol. The number of ether oxygens (including phenoxy) is 3. The third kappa shape index (κ3) is 5.29. The van der Waals surface area contributed by atoms with Crippen molar-refractivity contribution >= 4 is 16.7 Å². The fraction of sp³-hybridized carbons (Fsp3) is 0.462. The lowest BCUT2D eigenvalue weighted by Crippen LogP contribution is -2.28. The van der Waals surface area contributed by atoms with Crippen LogP contribution in [-0.4, -0.2) is 35.9 Å². The number of fused-ring (bicyclic) bond motifs is 1. The van der Waals surface area contributed by atoms with Gasteiger partial charge in [-0.05, 0) is 39.7 Å². The topological polar surface area (TPSA) is 65.5 Å². The highest BCUT2D eigenvalue weighted by Crippen LogP contribution is 2.38. The van der Waals surface area contributed by atoms with Crippen LogP contribution in [0.4, 0.5) is 19.0 Å². The Morgan fingerprint density at radius 1 is 1.17 bits per heavy atom. The summed E-state index contributed by atoms with van der Waals surface area (Å²) in [6.45, 7) is 6.78. The van der Waals surface area contributed by atoms with E-state index in [0.29, 0.717) is 47.6 Å². The highest BCUT2D eigenvalue weighted by molar-refractivity contribution is 5.92. The summed E-state index contributed by atoms with van der Waals surface area (Å²) >= 11 is 0. The maximum absolute atomic E-state index is 15.0. The first kappa shape index (κ1) is 25.0. The molecule has 3 aromatic rings. The van der Waals surface area contributed by atoms with E-state index in [9.17, 15) is 13.2 Å². The molecular formula is C26H30F3N3O3. The number of halogens is 3. The van der Waals surface area contributed by atoms with Gasteiger partial charge in [-0.15, -0.1) is 0 Å². The van der Waals surface area contributed by atoms with E-state index in [1.165, 1.54) is 12.1 Å². The van der Waals surface area contributed by atoms with Gasteiger partial charge >= 0.3 is 0 Å². The van der Waals surface area contributed by atoms with Gasteiger partial charge in [0.05, 0.1) is 30.3 Å². The zero-order chi connectivity index (χ0) is 25.3. The standard InChI is InChI=1S/C26H30F3N3O3/c1-14(17-8-6-9-19(24(17)27)26(4,28)29)30-25-18-12-23(35-15(2)21-10-7-11-34-21)22(33-5)13-20(18)31-16(3)32-25/h6,8-9,12-15,21H,7,10-11H2,1-5H3,(H,30,31,32)/t14-,15?,21-/m1/s1. The predicted octanol–water partition coefficient (Wildman–Crippen LogP) is 6.32. The molecule has 0 radical (unpaired) electrons. The second-order valence-corrected chi connectivity index (χ2v) is 8.98. The van der Waals surface area contributed by atoms with Gasteiger partial charge in [0.25, 0.3) is 5.92 Å². The highest BCUT2D eigenvalue weighted by atomic mass is 19.3. The number of hydrogen-bond donors (Lipinski definition) is 1. The predicted molar refractivity (Wildman–Crippen MR) is 128 cm³/mol. The minimum Gasteiger partial charge on any atom is -0.493 e.